The van der Waals surface area contributed by atoms with Crippen molar-refractivity contribution >= 4 is 29.1 Å². The van der Waals surface area contributed by atoms with Gasteiger partial charge < -0.3 is 9.64 Å². The van der Waals surface area contributed by atoms with Gasteiger partial charge in [-0.2, -0.15) is 0 Å². The molecule has 200 valence electrons. The van der Waals surface area contributed by atoms with E-state index in [0.717, 1.165) is 36.4 Å². The van der Waals surface area contributed by atoms with Crippen LogP contribution in [-0.4, -0.2) is 54.5 Å². The minimum atomic E-state index is 0.0935. The zero-order valence-corrected chi connectivity index (χ0v) is 23.7. The van der Waals surface area contributed by atoms with Gasteiger partial charge in [-0.15, -0.1) is 0 Å². The van der Waals surface area contributed by atoms with Crippen molar-refractivity contribution < 1.29 is 9.53 Å². The van der Waals surface area contributed by atoms with E-state index >= 15 is 0 Å². The Balaban J connectivity index is 1.30. The number of likely N-dealkylation sites (tertiary alicyclic amines) is 2. The van der Waals surface area contributed by atoms with Gasteiger partial charge in [0.15, 0.2) is 0 Å². The molecule has 1 amide bonds. The van der Waals surface area contributed by atoms with E-state index < -0.39 is 0 Å². The molecule has 2 heterocycles. The molecule has 6 heteroatoms. The monoisotopic (exact) mass is 550 g/mol. The smallest absolute Gasteiger partial charge is 0.227 e. The molecule has 4 nitrogen and oxygen atoms in total. The van der Waals surface area contributed by atoms with Crippen LogP contribution in [0, 0.1) is 5.92 Å². The molecule has 2 fully saturated rings. The van der Waals surface area contributed by atoms with Crippen molar-refractivity contribution in [2.75, 3.05) is 26.7 Å². The molecule has 0 bridgehead atoms. The van der Waals surface area contributed by atoms with Crippen LogP contribution in [0.2, 0.25) is 10.0 Å². The van der Waals surface area contributed by atoms with Crippen molar-refractivity contribution in [1.29, 1.82) is 0 Å². The molecule has 3 aromatic carbocycles. The van der Waals surface area contributed by atoms with E-state index in [4.69, 9.17) is 27.9 Å². The van der Waals surface area contributed by atoms with Gasteiger partial charge in [0.2, 0.25) is 5.91 Å². The Morgan fingerprint density at radius 1 is 0.947 bits per heavy atom. The highest BCUT2D eigenvalue weighted by molar-refractivity contribution is 6.42. The molecule has 0 radical (unpaired) electrons. The first kappa shape index (κ1) is 27.1. The van der Waals surface area contributed by atoms with Crippen LogP contribution in [-0.2, 0) is 17.6 Å². The first-order chi connectivity index (χ1) is 18.4. The van der Waals surface area contributed by atoms with Gasteiger partial charge in [0.25, 0.3) is 0 Å². The van der Waals surface area contributed by atoms with E-state index in [9.17, 15) is 4.79 Å². The van der Waals surface area contributed by atoms with Gasteiger partial charge in [0.1, 0.15) is 5.75 Å². The van der Waals surface area contributed by atoms with Gasteiger partial charge >= 0.3 is 0 Å². The number of piperidine rings is 1. The first-order valence-corrected chi connectivity index (χ1v) is 14.3. The molecule has 0 spiro atoms. The molecule has 38 heavy (non-hydrogen) atoms. The number of amides is 1. The lowest BCUT2D eigenvalue weighted by Gasteiger charge is -2.54. The number of methoxy groups -OCH3 is 1. The lowest BCUT2D eigenvalue weighted by atomic mass is 9.77. The number of ether oxygens (including phenoxy) is 1. The summed E-state index contributed by atoms with van der Waals surface area (Å²) in [5, 5.41) is 1.13. The summed E-state index contributed by atoms with van der Waals surface area (Å²) < 4.78 is 5.36. The number of hydrogen-bond donors (Lipinski definition) is 0. The van der Waals surface area contributed by atoms with Gasteiger partial charge in [-0.25, -0.2) is 0 Å². The van der Waals surface area contributed by atoms with Crippen LogP contribution in [0.5, 0.6) is 5.75 Å². The molecule has 3 unspecified atom stereocenters. The average Bonchev–Trinajstić information content (AvgIpc) is 2.91. The fourth-order valence-corrected chi connectivity index (χ4v) is 6.52. The highest BCUT2D eigenvalue weighted by Crippen LogP contribution is 2.41. The Bertz CT molecular complexity index is 1240. The number of benzene rings is 3. The number of nitrogens with zero attached hydrogens (tertiary/aromatic N) is 2. The average molecular weight is 552 g/mol. The highest BCUT2D eigenvalue weighted by Gasteiger charge is 2.47. The third-order valence-electron chi connectivity index (χ3n) is 8.43. The van der Waals surface area contributed by atoms with Crippen LogP contribution < -0.4 is 4.74 Å². The Hall–Kier alpha value is -2.53. The largest absolute Gasteiger partial charge is 0.497 e. The van der Waals surface area contributed by atoms with Gasteiger partial charge in [-0.3, -0.25) is 9.69 Å². The number of hydrogen-bond acceptors (Lipinski definition) is 3. The normalized spacial score (nSPS) is 21.1. The summed E-state index contributed by atoms with van der Waals surface area (Å²) in [6, 6.07) is 24.8. The summed E-state index contributed by atoms with van der Waals surface area (Å²) in [5.74, 6) is 1.87. The molecule has 2 aliphatic heterocycles. The molecule has 3 atom stereocenters. The van der Waals surface area contributed by atoms with E-state index in [0.29, 0.717) is 28.9 Å². The Morgan fingerprint density at radius 2 is 1.68 bits per heavy atom. The second-order valence-corrected chi connectivity index (χ2v) is 11.6. The Morgan fingerprint density at radius 3 is 2.39 bits per heavy atom. The van der Waals surface area contributed by atoms with Crippen LogP contribution in [0.1, 0.15) is 42.4 Å². The predicted octanol–water partition coefficient (Wildman–Crippen LogP) is 6.88. The minimum absolute atomic E-state index is 0.0935. The quantitative estimate of drug-likeness (QED) is 0.306. The number of carbonyl (C=O) groups is 1. The van der Waals surface area contributed by atoms with Gasteiger partial charge in [-0.05, 0) is 86.1 Å². The van der Waals surface area contributed by atoms with E-state index in [1.54, 1.807) is 7.11 Å². The number of halogens is 2. The Labute approximate surface area is 236 Å². The third kappa shape index (κ3) is 6.03. The van der Waals surface area contributed by atoms with Crippen molar-refractivity contribution in [2.45, 2.75) is 50.6 Å². The van der Waals surface area contributed by atoms with Crippen molar-refractivity contribution in [2.24, 2.45) is 5.92 Å². The molecular formula is C32H36Cl2N2O2. The molecule has 0 N–H and O–H groups in total. The molecule has 0 saturated carbocycles. The maximum atomic E-state index is 13.6. The SMILES string of the molecule is COc1cccc(CC(=O)N2CC(c3ccc(Cl)c(Cl)c3)C2C(C)N2CCC(Cc3ccccc3)CC2)c1. The molecule has 0 aromatic heterocycles. The summed E-state index contributed by atoms with van der Waals surface area (Å²) in [5.41, 5.74) is 3.55. The maximum Gasteiger partial charge on any atom is 0.227 e. The molecule has 0 aliphatic carbocycles. The van der Waals surface area contributed by atoms with Crippen molar-refractivity contribution in [1.82, 2.24) is 9.80 Å². The van der Waals surface area contributed by atoms with Gasteiger partial charge in [0.05, 0.1) is 29.6 Å². The summed E-state index contributed by atoms with van der Waals surface area (Å²) in [6.45, 7) is 5.10. The maximum absolute atomic E-state index is 13.6. The lowest BCUT2D eigenvalue weighted by molar-refractivity contribution is -0.143. The van der Waals surface area contributed by atoms with Crippen LogP contribution in [0.15, 0.2) is 72.8 Å². The predicted molar refractivity (Wildman–Crippen MR) is 155 cm³/mol. The van der Waals surface area contributed by atoms with Crippen molar-refractivity contribution in [3.63, 3.8) is 0 Å². The second-order valence-electron chi connectivity index (χ2n) is 10.8. The highest BCUT2D eigenvalue weighted by atomic mass is 35.5. The van der Waals surface area contributed by atoms with Gasteiger partial charge in [-0.1, -0.05) is 71.7 Å². The van der Waals surface area contributed by atoms with E-state index in [1.807, 2.05) is 36.4 Å². The Kier molecular flexibility index (Phi) is 8.62. The zero-order valence-electron chi connectivity index (χ0n) is 22.2. The summed E-state index contributed by atoms with van der Waals surface area (Å²) in [6.07, 6.45) is 3.87. The standard InChI is InChI=1S/C32H36Cl2N2O2/c1-22(35-15-13-24(14-16-35)17-23-7-4-3-5-8-23)32-28(26-11-12-29(33)30(34)20-26)21-36(32)31(37)19-25-9-6-10-27(18-25)38-2/h3-12,18,20,22,24,28,32H,13-17,19,21H2,1-2H3. The molecular weight excluding hydrogens is 515 g/mol. The van der Waals surface area contributed by atoms with E-state index in [1.165, 1.54) is 18.4 Å². The van der Waals surface area contributed by atoms with Crippen LogP contribution in [0.3, 0.4) is 0 Å². The number of carbonyl (C=O) groups excluding carboxylic acids is 1. The fraction of sp³-hybridized carbons (Fsp3) is 0.406. The van der Waals surface area contributed by atoms with Crippen molar-refractivity contribution in [3.8, 4) is 5.75 Å². The molecule has 5 rings (SSSR count). The van der Waals surface area contributed by atoms with Crippen molar-refractivity contribution in [3.05, 3.63) is 99.5 Å². The zero-order chi connectivity index (χ0) is 26.6. The topological polar surface area (TPSA) is 32.8 Å². The minimum Gasteiger partial charge on any atom is -0.497 e. The third-order valence-corrected chi connectivity index (χ3v) is 9.17. The first-order valence-electron chi connectivity index (χ1n) is 13.6. The van der Waals surface area contributed by atoms with Crippen LogP contribution >= 0.6 is 23.2 Å². The summed E-state index contributed by atoms with van der Waals surface area (Å²) >= 11 is 12.6. The molecule has 2 aliphatic rings. The molecule has 2 saturated heterocycles. The lowest BCUT2D eigenvalue weighted by Crippen LogP contribution is -2.65. The second kappa shape index (κ2) is 12.1. The number of rotatable bonds is 8. The van der Waals surface area contributed by atoms with Gasteiger partial charge in [0, 0.05) is 18.5 Å². The fourth-order valence-electron chi connectivity index (χ4n) is 6.22. The van der Waals surface area contributed by atoms with Crippen LogP contribution in [0.25, 0.3) is 0 Å². The summed E-state index contributed by atoms with van der Waals surface area (Å²) in [4.78, 5) is 18.2. The van der Waals surface area contributed by atoms with E-state index in [-0.39, 0.29) is 23.9 Å². The molecule has 3 aromatic rings. The summed E-state index contributed by atoms with van der Waals surface area (Å²) in [7, 11) is 1.65. The van der Waals surface area contributed by atoms with Crippen LogP contribution in [0.4, 0.5) is 0 Å². The van der Waals surface area contributed by atoms with E-state index in [2.05, 4.69) is 53.1 Å².